The Kier molecular flexibility index (Phi) is 7.27. The topological polar surface area (TPSA) is 84.7 Å². The van der Waals surface area contributed by atoms with E-state index in [1.807, 2.05) is 11.9 Å². The summed E-state index contributed by atoms with van der Waals surface area (Å²) >= 11 is 3.11. The molecule has 0 saturated heterocycles. The van der Waals surface area contributed by atoms with Crippen LogP contribution >= 0.6 is 15.9 Å². The van der Waals surface area contributed by atoms with Gasteiger partial charge >= 0.3 is 0 Å². The standard InChI is InChI=1S/C13H18BrN3O4/c1-16(8-9-21-2)7-6-15-13(18)10-4-3-5-11(12(10)14)17(19)20/h3-5H,6-9H2,1-2H3,(H,15,18). The van der Waals surface area contributed by atoms with Crippen molar-refractivity contribution in [2.45, 2.75) is 0 Å². The van der Waals surface area contributed by atoms with Crippen LogP contribution in [-0.2, 0) is 4.74 Å². The summed E-state index contributed by atoms with van der Waals surface area (Å²) in [4.78, 5) is 24.3. The van der Waals surface area contributed by atoms with Crippen LogP contribution in [0.2, 0.25) is 0 Å². The second-order valence-electron chi connectivity index (χ2n) is 4.45. The fourth-order valence-corrected chi connectivity index (χ4v) is 2.24. The molecule has 21 heavy (non-hydrogen) atoms. The Bertz CT molecular complexity index is 510. The molecule has 0 aromatic heterocycles. The minimum Gasteiger partial charge on any atom is -0.383 e. The van der Waals surface area contributed by atoms with Crippen LogP contribution in [0.25, 0.3) is 0 Å². The van der Waals surface area contributed by atoms with Crippen LogP contribution in [0.5, 0.6) is 0 Å². The summed E-state index contributed by atoms with van der Waals surface area (Å²) in [6, 6.07) is 4.38. The number of rotatable bonds is 8. The van der Waals surface area contributed by atoms with E-state index in [1.165, 1.54) is 12.1 Å². The van der Waals surface area contributed by atoms with Gasteiger partial charge in [0.1, 0.15) is 4.47 Å². The number of ether oxygens (including phenoxy) is 1. The Morgan fingerprint density at radius 2 is 2.19 bits per heavy atom. The maximum atomic E-state index is 12.0. The highest BCUT2D eigenvalue weighted by Crippen LogP contribution is 2.28. The normalized spacial score (nSPS) is 10.7. The van der Waals surface area contributed by atoms with E-state index in [2.05, 4.69) is 21.2 Å². The van der Waals surface area contributed by atoms with Crippen LogP contribution in [0, 0.1) is 10.1 Å². The lowest BCUT2D eigenvalue weighted by molar-refractivity contribution is -0.385. The lowest BCUT2D eigenvalue weighted by atomic mass is 10.2. The quantitative estimate of drug-likeness (QED) is 0.563. The third-order valence-corrected chi connectivity index (χ3v) is 3.71. The Morgan fingerprint density at radius 3 is 2.81 bits per heavy atom. The number of likely N-dealkylation sites (N-methyl/N-ethyl adjacent to an activating group) is 1. The molecule has 0 aliphatic rings. The van der Waals surface area contributed by atoms with Crippen molar-refractivity contribution in [2.24, 2.45) is 0 Å². The van der Waals surface area contributed by atoms with Crippen LogP contribution in [0.1, 0.15) is 10.4 Å². The SMILES string of the molecule is COCCN(C)CCNC(=O)c1cccc([N+](=O)[O-])c1Br. The molecular weight excluding hydrogens is 342 g/mol. The van der Waals surface area contributed by atoms with Crippen molar-refractivity contribution in [3.05, 3.63) is 38.3 Å². The second-order valence-corrected chi connectivity index (χ2v) is 5.24. The first kappa shape index (κ1) is 17.5. The molecule has 0 bridgehead atoms. The van der Waals surface area contributed by atoms with E-state index in [4.69, 9.17) is 4.74 Å². The van der Waals surface area contributed by atoms with Crippen LogP contribution in [0.3, 0.4) is 0 Å². The highest BCUT2D eigenvalue weighted by atomic mass is 79.9. The van der Waals surface area contributed by atoms with Crippen LogP contribution in [0.15, 0.2) is 22.7 Å². The predicted octanol–water partition coefficient (Wildman–Crippen LogP) is 1.67. The summed E-state index contributed by atoms with van der Waals surface area (Å²) < 4.78 is 5.16. The molecule has 1 aromatic rings. The first-order chi connectivity index (χ1) is 9.97. The molecule has 0 heterocycles. The van der Waals surface area contributed by atoms with Crippen molar-refractivity contribution < 1.29 is 14.5 Å². The molecule has 7 nitrogen and oxygen atoms in total. The van der Waals surface area contributed by atoms with Gasteiger partial charge in [0.2, 0.25) is 0 Å². The van der Waals surface area contributed by atoms with Gasteiger partial charge in [-0.2, -0.15) is 0 Å². The zero-order chi connectivity index (χ0) is 15.8. The number of halogens is 1. The van der Waals surface area contributed by atoms with E-state index in [1.54, 1.807) is 13.2 Å². The second kappa shape index (κ2) is 8.71. The van der Waals surface area contributed by atoms with Crippen LogP contribution in [-0.4, -0.2) is 56.1 Å². The molecule has 0 aliphatic carbocycles. The average Bonchev–Trinajstić information content (AvgIpc) is 2.44. The van der Waals surface area contributed by atoms with Crippen molar-refractivity contribution in [1.82, 2.24) is 10.2 Å². The van der Waals surface area contributed by atoms with Crippen LogP contribution in [0.4, 0.5) is 5.69 Å². The number of benzene rings is 1. The van der Waals surface area contributed by atoms with Gasteiger partial charge in [0, 0.05) is 32.8 Å². The first-order valence-electron chi connectivity index (χ1n) is 6.36. The third kappa shape index (κ3) is 5.41. The van der Waals surface area contributed by atoms with E-state index < -0.39 is 4.92 Å². The first-order valence-corrected chi connectivity index (χ1v) is 7.15. The molecule has 0 aliphatic heterocycles. The van der Waals surface area contributed by atoms with Crippen molar-refractivity contribution >= 4 is 27.5 Å². The maximum absolute atomic E-state index is 12.0. The minimum absolute atomic E-state index is 0.125. The molecule has 0 radical (unpaired) electrons. The van der Waals surface area contributed by atoms with Gasteiger partial charge in [-0.3, -0.25) is 14.9 Å². The lowest BCUT2D eigenvalue weighted by Gasteiger charge is -2.16. The van der Waals surface area contributed by atoms with Gasteiger partial charge < -0.3 is 15.0 Å². The van der Waals surface area contributed by atoms with E-state index in [9.17, 15) is 14.9 Å². The zero-order valence-corrected chi connectivity index (χ0v) is 13.6. The number of nitro benzene ring substituents is 1. The molecule has 0 spiro atoms. The summed E-state index contributed by atoms with van der Waals surface area (Å²) in [6.07, 6.45) is 0. The number of carbonyl (C=O) groups is 1. The fourth-order valence-electron chi connectivity index (χ4n) is 1.65. The van der Waals surface area contributed by atoms with Crippen molar-refractivity contribution in [1.29, 1.82) is 0 Å². The highest BCUT2D eigenvalue weighted by molar-refractivity contribution is 9.10. The summed E-state index contributed by atoms with van der Waals surface area (Å²) in [6.45, 7) is 2.52. The molecule has 0 saturated carbocycles. The number of nitrogens with one attached hydrogen (secondary N) is 1. The highest BCUT2D eigenvalue weighted by Gasteiger charge is 2.19. The van der Waals surface area contributed by atoms with Crippen LogP contribution < -0.4 is 5.32 Å². The van der Waals surface area contributed by atoms with E-state index in [-0.39, 0.29) is 21.6 Å². The molecule has 1 amide bonds. The molecule has 8 heteroatoms. The molecule has 1 aromatic carbocycles. The molecule has 1 rings (SSSR count). The summed E-state index contributed by atoms with van der Waals surface area (Å²) in [5.74, 6) is -0.342. The number of nitrogens with zero attached hydrogens (tertiary/aromatic N) is 2. The van der Waals surface area contributed by atoms with E-state index >= 15 is 0 Å². The molecule has 0 unspecified atom stereocenters. The molecule has 0 atom stereocenters. The van der Waals surface area contributed by atoms with E-state index in [0.29, 0.717) is 19.7 Å². The van der Waals surface area contributed by atoms with Gasteiger partial charge in [0.15, 0.2) is 0 Å². The van der Waals surface area contributed by atoms with Crippen molar-refractivity contribution in [3.63, 3.8) is 0 Å². The predicted molar refractivity (Wildman–Crippen MR) is 82.5 cm³/mol. The Morgan fingerprint density at radius 1 is 1.48 bits per heavy atom. The number of methoxy groups -OCH3 is 1. The molecule has 116 valence electrons. The Balaban J connectivity index is 2.57. The largest absolute Gasteiger partial charge is 0.383 e. The number of hydrogen-bond donors (Lipinski definition) is 1. The summed E-state index contributed by atoms with van der Waals surface area (Å²) in [5, 5.41) is 13.6. The van der Waals surface area contributed by atoms with Gasteiger partial charge in [-0.15, -0.1) is 0 Å². The molecule has 1 N–H and O–H groups in total. The Hall–Kier alpha value is -1.51. The number of amides is 1. The summed E-state index contributed by atoms with van der Waals surface area (Å²) in [7, 11) is 3.56. The minimum atomic E-state index is -0.528. The van der Waals surface area contributed by atoms with Gasteiger partial charge in [-0.25, -0.2) is 0 Å². The van der Waals surface area contributed by atoms with Gasteiger partial charge in [0.05, 0.1) is 17.1 Å². The monoisotopic (exact) mass is 359 g/mol. The van der Waals surface area contributed by atoms with Crippen molar-refractivity contribution in [3.8, 4) is 0 Å². The smallest absolute Gasteiger partial charge is 0.284 e. The Labute approximate surface area is 131 Å². The lowest BCUT2D eigenvalue weighted by Crippen LogP contribution is -2.34. The fraction of sp³-hybridized carbons (Fsp3) is 0.462. The van der Waals surface area contributed by atoms with Crippen molar-refractivity contribution in [2.75, 3.05) is 40.4 Å². The third-order valence-electron chi connectivity index (χ3n) is 2.88. The molecule has 0 fully saturated rings. The maximum Gasteiger partial charge on any atom is 0.284 e. The molecular formula is C13H18BrN3O4. The number of carbonyl (C=O) groups excluding carboxylic acids is 1. The van der Waals surface area contributed by atoms with Gasteiger partial charge in [-0.05, 0) is 29.0 Å². The number of nitro groups is 1. The van der Waals surface area contributed by atoms with Gasteiger partial charge in [-0.1, -0.05) is 6.07 Å². The zero-order valence-electron chi connectivity index (χ0n) is 12.0. The summed E-state index contributed by atoms with van der Waals surface area (Å²) in [5.41, 5.74) is 0.128. The number of hydrogen-bond acceptors (Lipinski definition) is 5. The van der Waals surface area contributed by atoms with E-state index in [0.717, 1.165) is 6.54 Å². The average molecular weight is 360 g/mol. The van der Waals surface area contributed by atoms with Gasteiger partial charge in [0.25, 0.3) is 11.6 Å².